The normalized spacial score (nSPS) is 18.5. The number of fused-ring (bicyclic) bond motifs is 1. The number of imidazole rings is 1. The van der Waals surface area contributed by atoms with Gasteiger partial charge in [0.05, 0.1) is 18.3 Å². The molecule has 1 fully saturated rings. The predicted molar refractivity (Wildman–Crippen MR) is 84.5 cm³/mol. The average Bonchev–Trinajstić information content (AvgIpc) is 3.24. The van der Waals surface area contributed by atoms with Crippen LogP contribution in [0.25, 0.3) is 4.96 Å². The number of hydrogen-bond acceptors (Lipinski definition) is 6. The van der Waals surface area contributed by atoms with Gasteiger partial charge in [-0.25, -0.2) is 14.9 Å². The molecule has 1 aliphatic heterocycles. The van der Waals surface area contributed by atoms with E-state index in [0.29, 0.717) is 17.5 Å². The van der Waals surface area contributed by atoms with Crippen LogP contribution in [-0.2, 0) is 17.0 Å². The highest BCUT2D eigenvalue weighted by molar-refractivity contribution is 7.98. The van der Waals surface area contributed by atoms with Crippen molar-refractivity contribution in [3.63, 3.8) is 0 Å². The number of aromatic amines is 1. The zero-order valence-corrected chi connectivity index (χ0v) is 13.4. The second-order valence-corrected chi connectivity index (χ2v) is 6.99. The maximum absolute atomic E-state index is 11.9. The van der Waals surface area contributed by atoms with Crippen LogP contribution in [0.3, 0.4) is 0 Å². The standard InChI is InChI=1S/C13H15N5O2S2/c19-11-15-16-13(18(11)7-10-2-1-4-20-10)22-8-9-6-17-3-5-21-12(17)14-9/h3,5-6,10H,1-2,4,7-8H2,(H,15,19)/t10-/m0/s1. The van der Waals surface area contributed by atoms with Crippen LogP contribution in [0.1, 0.15) is 18.5 Å². The third kappa shape index (κ3) is 2.71. The number of rotatable bonds is 5. The van der Waals surface area contributed by atoms with Crippen molar-refractivity contribution in [2.24, 2.45) is 0 Å². The molecule has 0 radical (unpaired) electrons. The molecular weight excluding hydrogens is 322 g/mol. The molecule has 0 aliphatic carbocycles. The molecule has 0 spiro atoms. The van der Waals surface area contributed by atoms with Crippen LogP contribution in [0.4, 0.5) is 0 Å². The molecule has 1 saturated heterocycles. The van der Waals surface area contributed by atoms with Crippen molar-refractivity contribution in [3.8, 4) is 0 Å². The summed E-state index contributed by atoms with van der Waals surface area (Å²) < 4.78 is 9.27. The van der Waals surface area contributed by atoms with Crippen molar-refractivity contribution in [3.05, 3.63) is 34.0 Å². The second kappa shape index (κ2) is 5.90. The number of nitrogens with zero attached hydrogens (tertiary/aromatic N) is 4. The Labute approximate surface area is 134 Å². The van der Waals surface area contributed by atoms with E-state index in [-0.39, 0.29) is 11.8 Å². The van der Waals surface area contributed by atoms with Gasteiger partial charge in [0.2, 0.25) is 0 Å². The van der Waals surface area contributed by atoms with Gasteiger partial charge in [-0.15, -0.1) is 16.4 Å². The van der Waals surface area contributed by atoms with Crippen LogP contribution < -0.4 is 5.69 Å². The Balaban J connectivity index is 1.48. The Bertz CT molecular complexity index is 798. The van der Waals surface area contributed by atoms with Gasteiger partial charge in [0.15, 0.2) is 10.1 Å². The quantitative estimate of drug-likeness (QED) is 0.718. The van der Waals surface area contributed by atoms with Gasteiger partial charge in [0.25, 0.3) is 0 Å². The molecule has 0 saturated carbocycles. The van der Waals surface area contributed by atoms with Crippen molar-refractivity contribution < 1.29 is 4.74 Å². The van der Waals surface area contributed by atoms with E-state index in [9.17, 15) is 4.79 Å². The van der Waals surface area contributed by atoms with Gasteiger partial charge >= 0.3 is 5.69 Å². The van der Waals surface area contributed by atoms with Crippen LogP contribution in [0.5, 0.6) is 0 Å². The van der Waals surface area contributed by atoms with E-state index in [1.165, 1.54) is 11.8 Å². The first-order valence-electron chi connectivity index (χ1n) is 7.10. The van der Waals surface area contributed by atoms with Crippen LogP contribution in [-0.4, -0.2) is 36.9 Å². The molecule has 116 valence electrons. The van der Waals surface area contributed by atoms with Crippen LogP contribution in [0.2, 0.25) is 0 Å². The summed E-state index contributed by atoms with van der Waals surface area (Å²) in [5, 5.41) is 9.34. The maximum Gasteiger partial charge on any atom is 0.344 e. The lowest BCUT2D eigenvalue weighted by molar-refractivity contribution is 0.0941. The number of hydrogen-bond donors (Lipinski definition) is 1. The SMILES string of the molecule is O=c1[nH]nc(SCc2cn3ccsc3n2)n1C[C@@H]1CCCO1. The molecule has 0 unspecified atom stereocenters. The lowest BCUT2D eigenvalue weighted by atomic mass is 10.2. The Hall–Kier alpha value is -1.58. The summed E-state index contributed by atoms with van der Waals surface area (Å²) in [6.45, 7) is 1.35. The molecule has 1 atom stereocenters. The molecule has 4 heterocycles. The lowest BCUT2D eigenvalue weighted by Gasteiger charge is -2.10. The molecule has 3 aromatic heterocycles. The monoisotopic (exact) mass is 337 g/mol. The molecule has 0 amide bonds. The molecule has 1 N–H and O–H groups in total. The third-order valence-electron chi connectivity index (χ3n) is 3.63. The molecule has 4 rings (SSSR count). The van der Waals surface area contributed by atoms with E-state index in [1.54, 1.807) is 15.9 Å². The number of thiazole rings is 1. The fraction of sp³-hybridized carbons (Fsp3) is 0.462. The lowest BCUT2D eigenvalue weighted by Crippen LogP contribution is -2.24. The van der Waals surface area contributed by atoms with Gasteiger partial charge in [-0.3, -0.25) is 8.97 Å². The van der Waals surface area contributed by atoms with Crippen LogP contribution in [0.15, 0.2) is 27.7 Å². The predicted octanol–water partition coefficient (Wildman–Crippen LogP) is 1.75. The number of nitrogens with one attached hydrogen (secondary N) is 1. The summed E-state index contributed by atoms with van der Waals surface area (Å²) in [5.41, 5.74) is 0.805. The van der Waals surface area contributed by atoms with Gasteiger partial charge in [-0.05, 0) is 12.8 Å². The van der Waals surface area contributed by atoms with E-state index in [2.05, 4.69) is 15.2 Å². The van der Waals surface area contributed by atoms with E-state index >= 15 is 0 Å². The van der Waals surface area contributed by atoms with E-state index in [4.69, 9.17) is 4.74 Å². The first-order valence-corrected chi connectivity index (χ1v) is 8.97. The molecular formula is C13H15N5O2S2. The molecule has 22 heavy (non-hydrogen) atoms. The minimum Gasteiger partial charge on any atom is -0.376 e. The highest BCUT2D eigenvalue weighted by atomic mass is 32.2. The Morgan fingerprint density at radius 1 is 1.55 bits per heavy atom. The summed E-state index contributed by atoms with van der Waals surface area (Å²) in [5.74, 6) is 0.685. The van der Waals surface area contributed by atoms with Crippen LogP contribution in [0, 0.1) is 0 Å². The van der Waals surface area contributed by atoms with Gasteiger partial charge in [0, 0.05) is 30.1 Å². The minimum absolute atomic E-state index is 0.118. The van der Waals surface area contributed by atoms with E-state index < -0.39 is 0 Å². The Kier molecular flexibility index (Phi) is 3.77. The molecule has 7 nitrogen and oxygen atoms in total. The smallest absolute Gasteiger partial charge is 0.344 e. The fourth-order valence-electron chi connectivity index (χ4n) is 2.55. The molecule has 9 heteroatoms. The average molecular weight is 337 g/mol. The largest absolute Gasteiger partial charge is 0.376 e. The zero-order chi connectivity index (χ0) is 14.9. The topological polar surface area (TPSA) is 77.2 Å². The number of thioether (sulfide) groups is 1. The van der Waals surface area contributed by atoms with Gasteiger partial charge in [-0.2, -0.15) is 0 Å². The summed E-state index contributed by atoms with van der Waals surface area (Å²) in [7, 11) is 0. The summed E-state index contributed by atoms with van der Waals surface area (Å²) in [4.78, 5) is 17.4. The van der Waals surface area contributed by atoms with Crippen molar-refractivity contribution in [2.45, 2.75) is 36.4 Å². The van der Waals surface area contributed by atoms with Crippen molar-refractivity contribution >= 4 is 28.1 Å². The Morgan fingerprint density at radius 2 is 2.50 bits per heavy atom. The highest BCUT2D eigenvalue weighted by Crippen LogP contribution is 2.22. The maximum atomic E-state index is 11.9. The van der Waals surface area contributed by atoms with Gasteiger partial charge in [-0.1, -0.05) is 11.8 Å². The Morgan fingerprint density at radius 3 is 3.32 bits per heavy atom. The zero-order valence-electron chi connectivity index (χ0n) is 11.8. The van der Waals surface area contributed by atoms with Gasteiger partial charge < -0.3 is 4.74 Å². The minimum atomic E-state index is -0.177. The third-order valence-corrected chi connectivity index (χ3v) is 5.41. The summed E-state index contributed by atoms with van der Waals surface area (Å²) in [6, 6.07) is 0. The molecule has 3 aromatic rings. The fourth-order valence-corrected chi connectivity index (χ4v) is 4.11. The van der Waals surface area contributed by atoms with E-state index in [0.717, 1.165) is 30.1 Å². The van der Waals surface area contributed by atoms with E-state index in [1.807, 2.05) is 22.2 Å². The summed E-state index contributed by atoms with van der Waals surface area (Å²) in [6.07, 6.45) is 6.17. The number of ether oxygens (including phenoxy) is 1. The second-order valence-electron chi connectivity index (χ2n) is 5.17. The number of aromatic nitrogens is 5. The van der Waals surface area contributed by atoms with Crippen molar-refractivity contribution in [1.82, 2.24) is 24.1 Å². The number of H-pyrrole nitrogens is 1. The van der Waals surface area contributed by atoms with Gasteiger partial charge in [0.1, 0.15) is 0 Å². The summed E-state index contributed by atoms with van der Waals surface area (Å²) >= 11 is 3.12. The van der Waals surface area contributed by atoms with Crippen LogP contribution >= 0.6 is 23.1 Å². The first kappa shape index (κ1) is 14.0. The molecule has 0 aromatic carbocycles. The first-order chi connectivity index (χ1) is 10.8. The molecule has 1 aliphatic rings. The highest BCUT2D eigenvalue weighted by Gasteiger charge is 2.19. The van der Waals surface area contributed by atoms with Crippen molar-refractivity contribution in [2.75, 3.05) is 6.61 Å². The van der Waals surface area contributed by atoms with Crippen molar-refractivity contribution in [1.29, 1.82) is 0 Å². The molecule has 0 bridgehead atoms.